The second-order valence-corrected chi connectivity index (χ2v) is 8.42. The van der Waals surface area contributed by atoms with Gasteiger partial charge in [-0.15, -0.1) is 0 Å². The molecule has 0 aliphatic carbocycles. The lowest BCUT2D eigenvalue weighted by atomic mass is 10.1. The summed E-state index contributed by atoms with van der Waals surface area (Å²) in [7, 11) is -3.23. The predicted octanol–water partition coefficient (Wildman–Crippen LogP) is 3.43. The van der Waals surface area contributed by atoms with E-state index >= 15 is 0 Å². The summed E-state index contributed by atoms with van der Waals surface area (Å²) in [6.45, 7) is 5.72. The van der Waals surface area contributed by atoms with Crippen molar-refractivity contribution in [3.63, 3.8) is 0 Å². The summed E-state index contributed by atoms with van der Waals surface area (Å²) in [5.41, 5.74) is 1.90. The third kappa shape index (κ3) is 5.33. The summed E-state index contributed by atoms with van der Waals surface area (Å²) in [6, 6.07) is 13.8. The fourth-order valence-corrected chi connectivity index (χ4v) is 3.20. The van der Waals surface area contributed by atoms with Gasteiger partial charge in [-0.1, -0.05) is 31.2 Å². The first-order valence-corrected chi connectivity index (χ1v) is 10.4. The molecule has 0 aromatic heterocycles. The van der Waals surface area contributed by atoms with Crippen molar-refractivity contribution in [3.8, 4) is 5.75 Å². The monoisotopic (exact) mass is 375 g/mol. The lowest BCUT2D eigenvalue weighted by Crippen LogP contribution is -2.39. The van der Waals surface area contributed by atoms with E-state index in [0.717, 1.165) is 11.1 Å². The van der Waals surface area contributed by atoms with Crippen LogP contribution in [0.5, 0.6) is 5.75 Å². The minimum absolute atomic E-state index is 0.200. The summed E-state index contributed by atoms with van der Waals surface area (Å²) >= 11 is 0. The van der Waals surface area contributed by atoms with Crippen LogP contribution in [0.15, 0.2) is 53.4 Å². The molecule has 0 aliphatic heterocycles. The fourth-order valence-electron chi connectivity index (χ4n) is 2.57. The Labute approximate surface area is 155 Å². The number of carbonyl (C=O) groups is 1. The zero-order valence-electron chi connectivity index (χ0n) is 15.5. The normalized spacial score (nSPS) is 13.7. The van der Waals surface area contributed by atoms with Crippen molar-refractivity contribution < 1.29 is 17.9 Å². The van der Waals surface area contributed by atoms with E-state index in [4.69, 9.17) is 4.74 Å². The second kappa shape index (κ2) is 8.36. The van der Waals surface area contributed by atoms with E-state index in [1.165, 1.54) is 6.26 Å². The molecule has 0 heterocycles. The second-order valence-electron chi connectivity index (χ2n) is 6.40. The van der Waals surface area contributed by atoms with Crippen molar-refractivity contribution >= 4 is 15.7 Å². The SMILES string of the molecule is CC[C@H](Oc1cccc(C)c1)C(=O)N[C@H](C)c1ccc(S(C)(=O)=O)cc1. The summed E-state index contributed by atoms with van der Waals surface area (Å²) in [5, 5.41) is 2.93. The number of hydrogen-bond donors (Lipinski definition) is 1. The molecule has 0 aliphatic rings. The van der Waals surface area contributed by atoms with E-state index in [9.17, 15) is 13.2 Å². The van der Waals surface area contributed by atoms with Gasteiger partial charge in [0, 0.05) is 6.26 Å². The van der Waals surface area contributed by atoms with Crippen LogP contribution in [0.4, 0.5) is 0 Å². The molecular formula is C20H25NO4S. The lowest BCUT2D eigenvalue weighted by molar-refractivity contribution is -0.128. The van der Waals surface area contributed by atoms with E-state index in [1.807, 2.05) is 45.0 Å². The molecule has 1 amide bonds. The molecule has 2 aromatic carbocycles. The standard InChI is InChI=1S/C20H25NO4S/c1-5-19(25-17-8-6-7-14(2)13-17)20(22)21-15(3)16-9-11-18(12-10-16)26(4,23)24/h6-13,15,19H,5H2,1-4H3,(H,21,22)/t15-,19+/m1/s1. The Hall–Kier alpha value is -2.34. The Morgan fingerprint density at radius 2 is 1.81 bits per heavy atom. The smallest absolute Gasteiger partial charge is 0.261 e. The number of hydrogen-bond acceptors (Lipinski definition) is 4. The molecule has 0 radical (unpaired) electrons. The summed E-state index contributed by atoms with van der Waals surface area (Å²) in [6.07, 6.45) is 1.12. The van der Waals surface area contributed by atoms with Crippen molar-refractivity contribution in [1.82, 2.24) is 5.32 Å². The number of carbonyl (C=O) groups excluding carboxylic acids is 1. The van der Waals surface area contributed by atoms with Gasteiger partial charge in [-0.2, -0.15) is 0 Å². The number of nitrogens with one attached hydrogen (secondary N) is 1. The highest BCUT2D eigenvalue weighted by Crippen LogP contribution is 2.18. The van der Waals surface area contributed by atoms with Gasteiger partial charge < -0.3 is 10.1 Å². The van der Waals surface area contributed by atoms with E-state index in [0.29, 0.717) is 12.2 Å². The van der Waals surface area contributed by atoms with Gasteiger partial charge in [0.05, 0.1) is 10.9 Å². The topological polar surface area (TPSA) is 72.5 Å². The Kier molecular flexibility index (Phi) is 6.42. The molecule has 1 N–H and O–H groups in total. The maximum absolute atomic E-state index is 12.5. The third-order valence-electron chi connectivity index (χ3n) is 4.10. The van der Waals surface area contributed by atoms with Crippen LogP contribution in [0.3, 0.4) is 0 Å². The van der Waals surface area contributed by atoms with Gasteiger partial charge in [0.15, 0.2) is 15.9 Å². The molecule has 0 spiro atoms. The number of benzene rings is 2. The van der Waals surface area contributed by atoms with Crippen molar-refractivity contribution in [2.45, 2.75) is 44.2 Å². The third-order valence-corrected chi connectivity index (χ3v) is 5.23. The summed E-state index contributed by atoms with van der Waals surface area (Å²) in [5.74, 6) is 0.464. The number of ether oxygens (including phenoxy) is 1. The van der Waals surface area contributed by atoms with E-state index in [1.54, 1.807) is 24.3 Å². The average molecular weight is 375 g/mol. The zero-order chi connectivity index (χ0) is 19.3. The van der Waals surface area contributed by atoms with Gasteiger partial charge in [-0.25, -0.2) is 8.42 Å². The quantitative estimate of drug-likeness (QED) is 0.805. The van der Waals surface area contributed by atoms with E-state index in [2.05, 4.69) is 5.32 Å². The molecule has 0 fully saturated rings. The van der Waals surface area contributed by atoms with Crippen LogP contribution in [-0.4, -0.2) is 26.7 Å². The summed E-state index contributed by atoms with van der Waals surface area (Å²) in [4.78, 5) is 12.8. The molecule has 0 saturated carbocycles. The highest BCUT2D eigenvalue weighted by atomic mass is 32.2. The molecule has 2 aromatic rings. The maximum atomic E-state index is 12.5. The van der Waals surface area contributed by atoms with Crippen LogP contribution < -0.4 is 10.1 Å². The van der Waals surface area contributed by atoms with Crippen molar-refractivity contribution in [1.29, 1.82) is 0 Å². The van der Waals surface area contributed by atoms with Crippen molar-refractivity contribution in [2.75, 3.05) is 6.26 Å². The highest BCUT2D eigenvalue weighted by Gasteiger charge is 2.21. The molecule has 6 heteroatoms. The molecular weight excluding hydrogens is 350 g/mol. The lowest BCUT2D eigenvalue weighted by Gasteiger charge is -2.21. The van der Waals surface area contributed by atoms with Crippen LogP contribution in [0.2, 0.25) is 0 Å². The number of amides is 1. The minimum Gasteiger partial charge on any atom is -0.481 e. The minimum atomic E-state index is -3.23. The van der Waals surface area contributed by atoms with Crippen LogP contribution in [0, 0.1) is 6.92 Å². The van der Waals surface area contributed by atoms with Crippen LogP contribution in [0.1, 0.15) is 37.4 Å². The van der Waals surface area contributed by atoms with Gasteiger partial charge in [-0.3, -0.25) is 4.79 Å². The first-order valence-electron chi connectivity index (χ1n) is 8.54. The van der Waals surface area contributed by atoms with Gasteiger partial charge in [0.2, 0.25) is 0 Å². The first kappa shape index (κ1) is 20.0. The van der Waals surface area contributed by atoms with Gasteiger partial charge >= 0.3 is 0 Å². The van der Waals surface area contributed by atoms with E-state index in [-0.39, 0.29) is 16.8 Å². The zero-order valence-corrected chi connectivity index (χ0v) is 16.3. The molecule has 140 valence electrons. The fraction of sp³-hybridized carbons (Fsp3) is 0.350. The average Bonchev–Trinajstić information content (AvgIpc) is 2.59. The Morgan fingerprint density at radius 3 is 2.35 bits per heavy atom. The molecule has 2 rings (SSSR count). The Balaban J connectivity index is 2.04. The summed E-state index contributed by atoms with van der Waals surface area (Å²) < 4.78 is 28.9. The molecule has 0 bridgehead atoms. The predicted molar refractivity (Wildman–Crippen MR) is 102 cm³/mol. The van der Waals surface area contributed by atoms with Crippen LogP contribution in [-0.2, 0) is 14.6 Å². The van der Waals surface area contributed by atoms with Crippen molar-refractivity contribution in [2.24, 2.45) is 0 Å². The van der Waals surface area contributed by atoms with Gasteiger partial charge in [-0.05, 0) is 55.7 Å². The first-order chi connectivity index (χ1) is 12.2. The number of aryl methyl sites for hydroxylation is 1. The Morgan fingerprint density at radius 1 is 1.15 bits per heavy atom. The molecule has 0 unspecified atom stereocenters. The Bertz CT molecular complexity index is 860. The number of sulfone groups is 1. The number of rotatable bonds is 7. The van der Waals surface area contributed by atoms with Crippen LogP contribution >= 0.6 is 0 Å². The van der Waals surface area contributed by atoms with Crippen LogP contribution in [0.25, 0.3) is 0 Å². The molecule has 0 saturated heterocycles. The maximum Gasteiger partial charge on any atom is 0.261 e. The molecule has 26 heavy (non-hydrogen) atoms. The van der Waals surface area contributed by atoms with Gasteiger partial charge in [0.1, 0.15) is 5.75 Å². The molecule has 5 nitrogen and oxygen atoms in total. The highest BCUT2D eigenvalue weighted by molar-refractivity contribution is 7.90. The van der Waals surface area contributed by atoms with E-state index < -0.39 is 15.9 Å². The van der Waals surface area contributed by atoms with Crippen molar-refractivity contribution in [3.05, 3.63) is 59.7 Å². The largest absolute Gasteiger partial charge is 0.481 e. The molecule has 2 atom stereocenters. The van der Waals surface area contributed by atoms with Gasteiger partial charge in [0.25, 0.3) is 5.91 Å².